The molecule has 0 spiro atoms. The molecule has 1 rings (SSSR count). The van der Waals surface area contributed by atoms with Crippen molar-refractivity contribution in [1.82, 2.24) is 10.2 Å². The molecule has 0 aliphatic rings. The van der Waals surface area contributed by atoms with Crippen LogP contribution in [-0.2, 0) is 6.18 Å². The second-order valence-electron chi connectivity index (χ2n) is 4.94. The number of carbonyl (C=O) groups excluding carboxylic acids is 1. The summed E-state index contributed by atoms with van der Waals surface area (Å²) in [5.41, 5.74) is -0.838. The monoisotopic (exact) mass is 354 g/mol. The van der Waals surface area contributed by atoms with Crippen LogP contribution in [-0.4, -0.2) is 43.6 Å². The van der Waals surface area contributed by atoms with E-state index in [0.29, 0.717) is 6.42 Å². The Morgan fingerprint density at radius 1 is 1.33 bits per heavy atom. The molecule has 4 nitrogen and oxygen atoms in total. The van der Waals surface area contributed by atoms with Gasteiger partial charge >= 0.3 is 12.2 Å². The molecule has 0 radical (unpaired) electrons. The van der Waals surface area contributed by atoms with Crippen LogP contribution in [0.15, 0.2) is 24.3 Å². The van der Waals surface area contributed by atoms with Gasteiger partial charge in [0, 0.05) is 6.54 Å². The van der Waals surface area contributed by atoms with Gasteiger partial charge in [-0.1, -0.05) is 13.0 Å². The van der Waals surface area contributed by atoms with Crippen LogP contribution in [0.25, 0.3) is 0 Å². The molecule has 0 fully saturated rings. The molecule has 9 heteroatoms. The van der Waals surface area contributed by atoms with E-state index in [1.807, 2.05) is 0 Å². The second kappa shape index (κ2) is 9.29. The lowest BCUT2D eigenvalue weighted by Crippen LogP contribution is -2.44. The topological polar surface area (TPSA) is 41.6 Å². The van der Waals surface area contributed by atoms with E-state index in [2.05, 4.69) is 5.32 Å². The Balaban J connectivity index is 2.43. The van der Waals surface area contributed by atoms with Crippen molar-refractivity contribution in [3.63, 3.8) is 0 Å². The predicted molar refractivity (Wildman–Crippen MR) is 78.2 cm³/mol. The number of ether oxygens (including phenoxy) is 1. The zero-order chi connectivity index (χ0) is 18.2. The fraction of sp³-hybridized carbons (Fsp3) is 0.533. The van der Waals surface area contributed by atoms with Crippen LogP contribution in [0, 0.1) is 0 Å². The van der Waals surface area contributed by atoms with Crippen molar-refractivity contribution < 1.29 is 31.5 Å². The van der Waals surface area contributed by atoms with Gasteiger partial charge in [-0.3, -0.25) is 0 Å². The SMILES string of the molecule is CCCN(CC(F)F)C(=O)NCCOc1cccc(C(F)(F)F)c1. The van der Waals surface area contributed by atoms with Crippen molar-refractivity contribution in [2.75, 3.05) is 26.2 Å². The van der Waals surface area contributed by atoms with Crippen molar-refractivity contribution in [2.24, 2.45) is 0 Å². The lowest BCUT2D eigenvalue weighted by molar-refractivity contribution is -0.137. The molecule has 1 aromatic rings. The van der Waals surface area contributed by atoms with Crippen LogP contribution in [0.4, 0.5) is 26.7 Å². The van der Waals surface area contributed by atoms with E-state index in [4.69, 9.17) is 4.74 Å². The van der Waals surface area contributed by atoms with Gasteiger partial charge in [0.1, 0.15) is 12.4 Å². The van der Waals surface area contributed by atoms with E-state index in [0.717, 1.165) is 17.0 Å². The summed E-state index contributed by atoms with van der Waals surface area (Å²) in [6.07, 6.45) is -6.58. The minimum Gasteiger partial charge on any atom is -0.492 e. The number of halogens is 5. The first-order valence-corrected chi connectivity index (χ1v) is 7.35. The fourth-order valence-corrected chi connectivity index (χ4v) is 1.91. The third kappa shape index (κ3) is 7.01. The Morgan fingerprint density at radius 2 is 2.04 bits per heavy atom. The maximum Gasteiger partial charge on any atom is 0.416 e. The van der Waals surface area contributed by atoms with Crippen LogP contribution in [0.3, 0.4) is 0 Å². The lowest BCUT2D eigenvalue weighted by atomic mass is 10.2. The molecule has 0 heterocycles. The maximum absolute atomic E-state index is 12.5. The first-order chi connectivity index (χ1) is 11.2. The first kappa shape index (κ1) is 20.0. The molecule has 1 aromatic carbocycles. The van der Waals surface area contributed by atoms with Gasteiger partial charge in [-0.15, -0.1) is 0 Å². The summed E-state index contributed by atoms with van der Waals surface area (Å²) in [5.74, 6) is 0.0112. The van der Waals surface area contributed by atoms with Gasteiger partial charge in [0.05, 0.1) is 18.7 Å². The average molecular weight is 354 g/mol. The maximum atomic E-state index is 12.5. The largest absolute Gasteiger partial charge is 0.492 e. The van der Waals surface area contributed by atoms with Crippen molar-refractivity contribution in [3.8, 4) is 5.75 Å². The van der Waals surface area contributed by atoms with E-state index in [1.165, 1.54) is 12.1 Å². The molecule has 0 aliphatic carbocycles. The number of hydrogen-bond acceptors (Lipinski definition) is 2. The van der Waals surface area contributed by atoms with Crippen LogP contribution >= 0.6 is 0 Å². The van der Waals surface area contributed by atoms with Gasteiger partial charge < -0.3 is 15.0 Å². The van der Waals surface area contributed by atoms with Crippen molar-refractivity contribution in [3.05, 3.63) is 29.8 Å². The number of benzene rings is 1. The van der Waals surface area contributed by atoms with E-state index in [9.17, 15) is 26.7 Å². The van der Waals surface area contributed by atoms with Gasteiger partial charge in [-0.05, 0) is 24.6 Å². The number of hydrogen-bond donors (Lipinski definition) is 1. The highest BCUT2D eigenvalue weighted by Gasteiger charge is 2.30. The summed E-state index contributed by atoms with van der Waals surface area (Å²) in [7, 11) is 0. The quantitative estimate of drug-likeness (QED) is 0.570. The molecule has 0 saturated carbocycles. The Bertz CT molecular complexity index is 523. The van der Waals surface area contributed by atoms with Crippen molar-refractivity contribution in [2.45, 2.75) is 25.9 Å². The lowest BCUT2D eigenvalue weighted by Gasteiger charge is -2.22. The van der Waals surface area contributed by atoms with Gasteiger partial charge in [0.2, 0.25) is 0 Å². The standard InChI is InChI=1S/C15H19F5N2O2/c1-2-7-22(10-13(16)17)14(23)21-6-8-24-12-5-3-4-11(9-12)15(18,19)20/h3-5,9,13H,2,6-8,10H2,1H3,(H,21,23). The van der Waals surface area contributed by atoms with Gasteiger partial charge in [0.15, 0.2) is 0 Å². The second-order valence-corrected chi connectivity index (χ2v) is 4.94. The highest BCUT2D eigenvalue weighted by molar-refractivity contribution is 5.74. The molecule has 1 N–H and O–H groups in total. The number of carbonyl (C=O) groups is 1. The Hall–Kier alpha value is -2.06. The zero-order valence-electron chi connectivity index (χ0n) is 13.1. The zero-order valence-corrected chi connectivity index (χ0v) is 13.1. The number of rotatable bonds is 8. The van der Waals surface area contributed by atoms with Gasteiger partial charge in [-0.2, -0.15) is 13.2 Å². The van der Waals surface area contributed by atoms with E-state index in [-0.39, 0.29) is 25.4 Å². The van der Waals surface area contributed by atoms with Crippen LogP contribution in [0.5, 0.6) is 5.75 Å². The third-order valence-corrected chi connectivity index (χ3v) is 2.95. The van der Waals surface area contributed by atoms with E-state index in [1.54, 1.807) is 6.92 Å². The summed E-state index contributed by atoms with van der Waals surface area (Å²) in [6.45, 7) is 1.17. The Morgan fingerprint density at radius 3 is 2.62 bits per heavy atom. The minimum atomic E-state index is -4.47. The Labute approximate surface area is 136 Å². The normalized spacial score (nSPS) is 11.5. The van der Waals surface area contributed by atoms with Gasteiger partial charge in [0.25, 0.3) is 6.43 Å². The summed E-state index contributed by atoms with van der Waals surface area (Å²) < 4.78 is 67.5. The van der Waals surface area contributed by atoms with Gasteiger partial charge in [-0.25, -0.2) is 13.6 Å². The highest BCUT2D eigenvalue weighted by Crippen LogP contribution is 2.31. The van der Waals surface area contributed by atoms with Crippen molar-refractivity contribution in [1.29, 1.82) is 0 Å². The molecule has 0 unspecified atom stereocenters. The molecule has 0 bridgehead atoms. The highest BCUT2D eigenvalue weighted by atomic mass is 19.4. The molecule has 0 saturated heterocycles. The molecular formula is C15H19F5N2O2. The van der Waals surface area contributed by atoms with Crippen LogP contribution < -0.4 is 10.1 Å². The Kier molecular flexibility index (Phi) is 7.73. The molecular weight excluding hydrogens is 335 g/mol. The summed E-state index contributed by atoms with van der Waals surface area (Å²) in [4.78, 5) is 12.7. The van der Waals surface area contributed by atoms with Crippen molar-refractivity contribution >= 4 is 6.03 Å². The number of amides is 2. The number of nitrogens with zero attached hydrogens (tertiary/aromatic N) is 1. The summed E-state index contributed by atoms with van der Waals surface area (Å²) in [6, 6.07) is 3.67. The van der Waals surface area contributed by atoms with E-state index >= 15 is 0 Å². The molecule has 0 aromatic heterocycles. The fourth-order valence-electron chi connectivity index (χ4n) is 1.91. The molecule has 136 valence electrons. The smallest absolute Gasteiger partial charge is 0.416 e. The molecule has 0 aliphatic heterocycles. The number of urea groups is 1. The predicted octanol–water partition coefficient (Wildman–Crippen LogP) is 3.77. The van der Waals surface area contributed by atoms with Crippen LogP contribution in [0.2, 0.25) is 0 Å². The molecule has 0 atom stereocenters. The molecule has 24 heavy (non-hydrogen) atoms. The van der Waals surface area contributed by atoms with Crippen LogP contribution in [0.1, 0.15) is 18.9 Å². The summed E-state index contributed by atoms with van der Waals surface area (Å²) >= 11 is 0. The number of nitrogens with one attached hydrogen (secondary N) is 1. The first-order valence-electron chi connectivity index (χ1n) is 7.35. The van der Waals surface area contributed by atoms with E-state index < -0.39 is 30.7 Å². The average Bonchev–Trinajstić information content (AvgIpc) is 2.50. The number of alkyl halides is 5. The third-order valence-electron chi connectivity index (χ3n) is 2.95. The molecule has 2 amide bonds. The summed E-state index contributed by atoms with van der Waals surface area (Å²) in [5, 5.41) is 2.39. The minimum absolute atomic E-state index is 0.0112.